The SMILES string of the molecule is C=C(C)C(NC1CCCCC1)C(N)=O. The van der Waals surface area contributed by atoms with E-state index >= 15 is 0 Å². The monoisotopic (exact) mass is 196 g/mol. The van der Waals surface area contributed by atoms with Gasteiger partial charge in [-0.1, -0.05) is 31.4 Å². The first-order valence-electron chi connectivity index (χ1n) is 5.32. The molecule has 1 amide bonds. The third-order valence-corrected chi connectivity index (χ3v) is 2.78. The molecule has 1 saturated carbocycles. The summed E-state index contributed by atoms with van der Waals surface area (Å²) in [5.74, 6) is -0.317. The van der Waals surface area contributed by atoms with Crippen LogP contribution in [0.1, 0.15) is 39.0 Å². The molecule has 3 N–H and O–H groups in total. The minimum Gasteiger partial charge on any atom is -0.368 e. The molecule has 0 spiro atoms. The highest BCUT2D eigenvalue weighted by atomic mass is 16.1. The molecule has 0 aromatic carbocycles. The molecule has 1 fully saturated rings. The lowest BCUT2D eigenvalue weighted by Crippen LogP contribution is -2.47. The van der Waals surface area contributed by atoms with Crippen molar-refractivity contribution in [3.05, 3.63) is 12.2 Å². The minimum atomic E-state index is -0.349. The van der Waals surface area contributed by atoms with E-state index in [4.69, 9.17) is 5.73 Å². The third-order valence-electron chi connectivity index (χ3n) is 2.78. The Kier molecular flexibility index (Phi) is 4.14. The number of nitrogens with two attached hydrogens (primary N) is 1. The van der Waals surface area contributed by atoms with Gasteiger partial charge < -0.3 is 5.73 Å². The van der Waals surface area contributed by atoms with Crippen molar-refractivity contribution in [1.29, 1.82) is 0 Å². The van der Waals surface area contributed by atoms with Crippen molar-refractivity contribution in [3.8, 4) is 0 Å². The van der Waals surface area contributed by atoms with Gasteiger partial charge in [-0.2, -0.15) is 0 Å². The third kappa shape index (κ3) is 3.14. The molecule has 1 atom stereocenters. The summed E-state index contributed by atoms with van der Waals surface area (Å²) in [6.45, 7) is 5.62. The van der Waals surface area contributed by atoms with Crippen molar-refractivity contribution in [1.82, 2.24) is 5.32 Å². The molecule has 14 heavy (non-hydrogen) atoms. The van der Waals surface area contributed by atoms with Gasteiger partial charge in [0.05, 0.1) is 0 Å². The molecule has 3 nitrogen and oxygen atoms in total. The average Bonchev–Trinajstić information content (AvgIpc) is 2.15. The number of carbonyl (C=O) groups is 1. The number of hydrogen-bond acceptors (Lipinski definition) is 2. The van der Waals surface area contributed by atoms with Gasteiger partial charge in [-0.3, -0.25) is 10.1 Å². The summed E-state index contributed by atoms with van der Waals surface area (Å²) < 4.78 is 0. The topological polar surface area (TPSA) is 55.1 Å². The highest BCUT2D eigenvalue weighted by molar-refractivity contribution is 5.83. The summed E-state index contributed by atoms with van der Waals surface area (Å²) in [5, 5.41) is 3.28. The highest BCUT2D eigenvalue weighted by Gasteiger charge is 2.21. The molecule has 0 aromatic rings. The predicted molar refractivity (Wildman–Crippen MR) is 57.8 cm³/mol. The molecule has 0 aliphatic heterocycles. The fourth-order valence-corrected chi connectivity index (χ4v) is 1.97. The van der Waals surface area contributed by atoms with Crippen molar-refractivity contribution in [2.75, 3.05) is 0 Å². The maximum atomic E-state index is 11.1. The van der Waals surface area contributed by atoms with Crippen LogP contribution >= 0.6 is 0 Å². The van der Waals surface area contributed by atoms with Crippen LogP contribution < -0.4 is 11.1 Å². The van der Waals surface area contributed by atoms with E-state index in [1.165, 1.54) is 19.3 Å². The summed E-state index contributed by atoms with van der Waals surface area (Å²) >= 11 is 0. The lowest BCUT2D eigenvalue weighted by Gasteiger charge is -2.27. The Hall–Kier alpha value is -0.830. The molecule has 3 heteroatoms. The quantitative estimate of drug-likeness (QED) is 0.667. The van der Waals surface area contributed by atoms with Crippen LogP contribution in [0.4, 0.5) is 0 Å². The van der Waals surface area contributed by atoms with Gasteiger partial charge in [0, 0.05) is 6.04 Å². The van der Waals surface area contributed by atoms with Crippen molar-refractivity contribution in [2.45, 2.75) is 51.1 Å². The van der Waals surface area contributed by atoms with Crippen LogP contribution in [0, 0.1) is 0 Å². The van der Waals surface area contributed by atoms with Gasteiger partial charge in [0.25, 0.3) is 0 Å². The van der Waals surface area contributed by atoms with E-state index < -0.39 is 0 Å². The largest absolute Gasteiger partial charge is 0.368 e. The van der Waals surface area contributed by atoms with Gasteiger partial charge in [-0.05, 0) is 19.8 Å². The Morgan fingerprint density at radius 2 is 2.00 bits per heavy atom. The smallest absolute Gasteiger partial charge is 0.238 e. The molecule has 0 saturated heterocycles. The van der Waals surface area contributed by atoms with E-state index in [0.29, 0.717) is 6.04 Å². The highest BCUT2D eigenvalue weighted by Crippen LogP contribution is 2.18. The maximum absolute atomic E-state index is 11.1. The van der Waals surface area contributed by atoms with Crippen LogP contribution in [0.5, 0.6) is 0 Å². The standard InChI is InChI=1S/C11H20N2O/c1-8(2)10(11(12)14)13-9-6-4-3-5-7-9/h9-10,13H,1,3-7H2,2H3,(H2,12,14). The molecule has 80 valence electrons. The Labute approximate surface area is 85.7 Å². The molecule has 1 unspecified atom stereocenters. The van der Waals surface area contributed by atoms with E-state index in [1.807, 2.05) is 6.92 Å². The molecule has 0 radical (unpaired) electrons. The first-order valence-corrected chi connectivity index (χ1v) is 5.32. The van der Waals surface area contributed by atoms with E-state index in [1.54, 1.807) is 0 Å². The van der Waals surface area contributed by atoms with E-state index in [2.05, 4.69) is 11.9 Å². The van der Waals surface area contributed by atoms with Gasteiger partial charge in [-0.25, -0.2) is 0 Å². The van der Waals surface area contributed by atoms with Gasteiger partial charge in [0.1, 0.15) is 6.04 Å². The van der Waals surface area contributed by atoms with Gasteiger partial charge >= 0.3 is 0 Å². The maximum Gasteiger partial charge on any atom is 0.238 e. The van der Waals surface area contributed by atoms with E-state index in [-0.39, 0.29) is 11.9 Å². The number of nitrogens with one attached hydrogen (secondary N) is 1. The number of amides is 1. The van der Waals surface area contributed by atoms with E-state index in [9.17, 15) is 4.79 Å². The lowest BCUT2D eigenvalue weighted by molar-refractivity contribution is -0.119. The fraction of sp³-hybridized carbons (Fsp3) is 0.727. The van der Waals surface area contributed by atoms with Gasteiger partial charge in [0.15, 0.2) is 0 Å². The van der Waals surface area contributed by atoms with Crippen molar-refractivity contribution in [3.63, 3.8) is 0 Å². The number of carbonyl (C=O) groups excluding carboxylic acids is 1. The second kappa shape index (κ2) is 5.15. The van der Waals surface area contributed by atoms with Crippen LogP contribution in [-0.2, 0) is 4.79 Å². The summed E-state index contributed by atoms with van der Waals surface area (Å²) in [7, 11) is 0. The molecule has 0 bridgehead atoms. The fourth-order valence-electron chi connectivity index (χ4n) is 1.97. The van der Waals surface area contributed by atoms with Crippen LogP contribution in [0.15, 0.2) is 12.2 Å². The molecule has 1 aliphatic carbocycles. The first-order chi connectivity index (χ1) is 6.61. The second-order valence-electron chi connectivity index (χ2n) is 4.18. The number of hydrogen-bond donors (Lipinski definition) is 2. The zero-order chi connectivity index (χ0) is 10.6. The Morgan fingerprint density at radius 1 is 1.43 bits per heavy atom. The normalized spacial score (nSPS) is 20.4. The van der Waals surface area contributed by atoms with Crippen LogP contribution in [0.2, 0.25) is 0 Å². The molecule has 1 aliphatic rings. The first kappa shape index (κ1) is 11.2. The zero-order valence-corrected chi connectivity index (χ0v) is 8.88. The van der Waals surface area contributed by atoms with Crippen LogP contribution in [-0.4, -0.2) is 18.0 Å². The van der Waals surface area contributed by atoms with Crippen molar-refractivity contribution < 1.29 is 4.79 Å². The number of rotatable bonds is 4. The Morgan fingerprint density at radius 3 is 2.43 bits per heavy atom. The summed E-state index contributed by atoms with van der Waals surface area (Å²) in [6, 6.07) is 0.0936. The molecule has 0 aromatic heterocycles. The average molecular weight is 196 g/mol. The molecule has 0 heterocycles. The predicted octanol–water partition coefficient (Wildman–Crippen LogP) is 1.34. The minimum absolute atomic E-state index is 0.317. The number of primary amides is 1. The zero-order valence-electron chi connectivity index (χ0n) is 8.88. The van der Waals surface area contributed by atoms with Gasteiger partial charge in [0.2, 0.25) is 5.91 Å². The lowest BCUT2D eigenvalue weighted by atomic mass is 9.94. The molecular weight excluding hydrogens is 176 g/mol. The summed E-state index contributed by atoms with van der Waals surface area (Å²) in [4.78, 5) is 11.1. The Balaban J connectivity index is 2.45. The molecular formula is C11H20N2O. The second-order valence-corrected chi connectivity index (χ2v) is 4.18. The molecule has 1 rings (SSSR count). The summed E-state index contributed by atoms with van der Waals surface area (Å²) in [6.07, 6.45) is 6.11. The van der Waals surface area contributed by atoms with Crippen molar-refractivity contribution >= 4 is 5.91 Å². The summed E-state index contributed by atoms with van der Waals surface area (Å²) in [5.41, 5.74) is 6.10. The Bertz CT molecular complexity index is 205. The van der Waals surface area contributed by atoms with Crippen molar-refractivity contribution in [2.24, 2.45) is 5.73 Å². The van der Waals surface area contributed by atoms with Crippen LogP contribution in [0.25, 0.3) is 0 Å². The van der Waals surface area contributed by atoms with E-state index in [0.717, 1.165) is 18.4 Å². The van der Waals surface area contributed by atoms with Gasteiger partial charge in [-0.15, -0.1) is 0 Å². The van der Waals surface area contributed by atoms with Crippen LogP contribution in [0.3, 0.4) is 0 Å².